The maximum Gasteiger partial charge on any atom is 0.245 e. The van der Waals surface area contributed by atoms with Crippen LogP contribution in [-0.4, -0.2) is 71.2 Å². The largest absolute Gasteiger partial charge is 0.343 e. The number of rotatable bonds is 5. The second kappa shape index (κ2) is 10.2. The van der Waals surface area contributed by atoms with E-state index in [2.05, 4.69) is 24.3 Å². The Bertz CT molecular complexity index is 999. The monoisotopic (exact) mass is 447 g/mol. The van der Waals surface area contributed by atoms with Gasteiger partial charge < -0.3 is 14.7 Å². The van der Waals surface area contributed by atoms with Crippen LogP contribution in [0.1, 0.15) is 32.3 Å². The molecule has 174 valence electrons. The lowest BCUT2D eigenvalue weighted by molar-refractivity contribution is -0.154. The average molecular weight is 448 g/mol. The zero-order valence-corrected chi connectivity index (χ0v) is 19.6. The molecule has 0 radical (unpaired) electrons. The quantitative estimate of drug-likeness (QED) is 0.707. The van der Waals surface area contributed by atoms with Crippen LogP contribution in [0.4, 0.5) is 0 Å². The van der Waals surface area contributed by atoms with E-state index >= 15 is 0 Å². The zero-order valence-electron chi connectivity index (χ0n) is 19.6. The predicted molar refractivity (Wildman–Crippen MR) is 128 cm³/mol. The number of hydrogen-bond donors (Lipinski definition) is 0. The van der Waals surface area contributed by atoms with Crippen LogP contribution >= 0.6 is 0 Å². The first kappa shape index (κ1) is 23.0. The summed E-state index contributed by atoms with van der Waals surface area (Å²) in [6.07, 6.45) is 1.83. The Balaban J connectivity index is 1.54. The summed E-state index contributed by atoms with van der Waals surface area (Å²) in [7, 11) is 0. The standard InChI is InChI=1S/C27H33N3O3/c1-3-28-16-17-30(26(32)23-12-14-29(15-13-23)20(2)31)25(27(28)33)19-21-8-7-11-24(18-21)22-9-5-4-6-10-22/h4-11,18,23,25H,3,12-17,19H2,1-2H3/t25-/m0/s1. The Morgan fingerprint density at radius 3 is 2.27 bits per heavy atom. The number of benzene rings is 2. The maximum atomic E-state index is 13.5. The van der Waals surface area contributed by atoms with E-state index in [1.807, 2.05) is 47.1 Å². The fraction of sp³-hybridized carbons (Fsp3) is 0.444. The van der Waals surface area contributed by atoms with Crippen molar-refractivity contribution in [2.24, 2.45) is 5.92 Å². The molecular weight excluding hydrogens is 414 g/mol. The van der Waals surface area contributed by atoms with Crippen LogP contribution < -0.4 is 0 Å². The van der Waals surface area contributed by atoms with Crippen LogP contribution in [-0.2, 0) is 20.8 Å². The molecule has 6 heteroatoms. The van der Waals surface area contributed by atoms with Gasteiger partial charge in [0.05, 0.1) is 0 Å². The summed E-state index contributed by atoms with van der Waals surface area (Å²) in [4.78, 5) is 44.0. The number of carbonyl (C=O) groups is 3. The summed E-state index contributed by atoms with van der Waals surface area (Å²) in [5, 5.41) is 0. The summed E-state index contributed by atoms with van der Waals surface area (Å²) in [5.74, 6) is 0.0263. The lowest BCUT2D eigenvalue weighted by atomic mass is 9.92. The van der Waals surface area contributed by atoms with Crippen LogP contribution in [0.15, 0.2) is 54.6 Å². The summed E-state index contributed by atoms with van der Waals surface area (Å²) in [6.45, 7) is 6.57. The normalized spacial score (nSPS) is 19.6. The number of carbonyl (C=O) groups excluding carboxylic acids is 3. The van der Waals surface area contributed by atoms with Gasteiger partial charge in [-0.1, -0.05) is 54.6 Å². The van der Waals surface area contributed by atoms with E-state index in [-0.39, 0.29) is 23.6 Å². The molecule has 2 saturated heterocycles. The second-order valence-electron chi connectivity index (χ2n) is 9.02. The molecule has 2 aromatic rings. The van der Waals surface area contributed by atoms with E-state index in [1.165, 1.54) is 0 Å². The van der Waals surface area contributed by atoms with Crippen molar-refractivity contribution in [3.05, 3.63) is 60.2 Å². The number of likely N-dealkylation sites (N-methyl/N-ethyl adjacent to an activating group) is 1. The van der Waals surface area contributed by atoms with Gasteiger partial charge in [-0.15, -0.1) is 0 Å². The van der Waals surface area contributed by atoms with Crippen LogP contribution in [0.2, 0.25) is 0 Å². The molecule has 2 heterocycles. The fourth-order valence-corrected chi connectivity index (χ4v) is 5.02. The predicted octanol–water partition coefficient (Wildman–Crippen LogP) is 3.21. The van der Waals surface area contributed by atoms with Gasteiger partial charge in [-0.3, -0.25) is 14.4 Å². The van der Waals surface area contributed by atoms with E-state index in [0.29, 0.717) is 52.0 Å². The van der Waals surface area contributed by atoms with Crippen molar-refractivity contribution < 1.29 is 14.4 Å². The Hall–Kier alpha value is -3.15. The van der Waals surface area contributed by atoms with Crippen LogP contribution in [0.3, 0.4) is 0 Å². The number of amides is 3. The van der Waals surface area contributed by atoms with Crippen LogP contribution in [0, 0.1) is 5.92 Å². The molecule has 2 aliphatic rings. The van der Waals surface area contributed by atoms with Gasteiger partial charge in [-0.25, -0.2) is 0 Å². The Kier molecular flexibility index (Phi) is 7.11. The highest BCUT2D eigenvalue weighted by atomic mass is 16.2. The molecule has 1 atom stereocenters. The van der Waals surface area contributed by atoms with Crippen molar-refractivity contribution in [3.8, 4) is 11.1 Å². The van der Waals surface area contributed by atoms with Gasteiger partial charge in [0.25, 0.3) is 0 Å². The lowest BCUT2D eigenvalue weighted by Gasteiger charge is -2.43. The van der Waals surface area contributed by atoms with Gasteiger partial charge in [0.2, 0.25) is 17.7 Å². The SMILES string of the molecule is CCN1CCN(C(=O)C2CCN(C(C)=O)CC2)[C@@H](Cc2cccc(-c3ccccc3)c2)C1=O. The topological polar surface area (TPSA) is 60.9 Å². The summed E-state index contributed by atoms with van der Waals surface area (Å²) >= 11 is 0. The maximum absolute atomic E-state index is 13.5. The molecule has 2 aliphatic heterocycles. The van der Waals surface area contributed by atoms with Crippen LogP contribution in [0.5, 0.6) is 0 Å². The summed E-state index contributed by atoms with van der Waals surface area (Å²) in [5.41, 5.74) is 3.30. The molecule has 0 aromatic heterocycles. The van der Waals surface area contributed by atoms with Crippen molar-refractivity contribution >= 4 is 17.7 Å². The van der Waals surface area contributed by atoms with Gasteiger partial charge >= 0.3 is 0 Å². The van der Waals surface area contributed by atoms with Gasteiger partial charge in [0.15, 0.2) is 0 Å². The highest BCUT2D eigenvalue weighted by Gasteiger charge is 2.40. The molecule has 6 nitrogen and oxygen atoms in total. The first-order valence-corrected chi connectivity index (χ1v) is 12.0. The molecule has 2 fully saturated rings. The van der Waals surface area contributed by atoms with Crippen molar-refractivity contribution in [1.29, 1.82) is 0 Å². The third-order valence-corrected chi connectivity index (χ3v) is 7.00. The summed E-state index contributed by atoms with van der Waals surface area (Å²) < 4.78 is 0. The Labute approximate surface area is 196 Å². The number of piperazine rings is 1. The van der Waals surface area contributed by atoms with E-state index < -0.39 is 6.04 Å². The average Bonchev–Trinajstić information content (AvgIpc) is 2.85. The minimum atomic E-state index is -0.483. The molecule has 0 aliphatic carbocycles. The molecule has 0 unspecified atom stereocenters. The first-order valence-electron chi connectivity index (χ1n) is 12.0. The molecule has 0 N–H and O–H groups in total. The van der Waals surface area contributed by atoms with Gasteiger partial charge in [0, 0.05) is 52.0 Å². The van der Waals surface area contributed by atoms with Crippen molar-refractivity contribution in [1.82, 2.24) is 14.7 Å². The van der Waals surface area contributed by atoms with E-state index in [9.17, 15) is 14.4 Å². The lowest BCUT2D eigenvalue weighted by Crippen LogP contribution is -2.60. The first-order chi connectivity index (χ1) is 16.0. The van der Waals surface area contributed by atoms with Crippen molar-refractivity contribution in [2.45, 2.75) is 39.2 Å². The molecule has 4 rings (SSSR count). The number of nitrogens with zero attached hydrogens (tertiary/aromatic N) is 3. The molecule has 0 saturated carbocycles. The Morgan fingerprint density at radius 2 is 1.61 bits per heavy atom. The number of piperidine rings is 1. The van der Waals surface area contributed by atoms with Crippen LogP contribution in [0.25, 0.3) is 11.1 Å². The highest BCUT2D eigenvalue weighted by Crippen LogP contribution is 2.26. The van der Waals surface area contributed by atoms with Gasteiger partial charge in [-0.2, -0.15) is 0 Å². The summed E-state index contributed by atoms with van der Waals surface area (Å²) in [6, 6.07) is 18.0. The molecule has 0 bridgehead atoms. The molecule has 33 heavy (non-hydrogen) atoms. The Morgan fingerprint density at radius 1 is 0.909 bits per heavy atom. The van der Waals surface area contributed by atoms with Gasteiger partial charge in [0.1, 0.15) is 6.04 Å². The molecular formula is C27H33N3O3. The van der Waals surface area contributed by atoms with E-state index in [0.717, 1.165) is 16.7 Å². The minimum absolute atomic E-state index is 0.0309. The van der Waals surface area contributed by atoms with Crippen molar-refractivity contribution in [3.63, 3.8) is 0 Å². The zero-order chi connectivity index (χ0) is 23.4. The second-order valence-corrected chi connectivity index (χ2v) is 9.02. The van der Waals surface area contributed by atoms with E-state index in [4.69, 9.17) is 0 Å². The smallest absolute Gasteiger partial charge is 0.245 e. The van der Waals surface area contributed by atoms with E-state index in [1.54, 1.807) is 11.8 Å². The van der Waals surface area contributed by atoms with Gasteiger partial charge in [-0.05, 0) is 36.5 Å². The fourth-order valence-electron chi connectivity index (χ4n) is 5.02. The third kappa shape index (κ3) is 5.10. The number of likely N-dealkylation sites (tertiary alicyclic amines) is 1. The third-order valence-electron chi connectivity index (χ3n) is 7.00. The molecule has 3 amide bonds. The minimum Gasteiger partial charge on any atom is -0.343 e. The molecule has 2 aromatic carbocycles. The highest BCUT2D eigenvalue weighted by molar-refractivity contribution is 5.90. The molecule has 0 spiro atoms. The van der Waals surface area contributed by atoms with Crippen molar-refractivity contribution in [2.75, 3.05) is 32.7 Å². The number of hydrogen-bond acceptors (Lipinski definition) is 3.